The molecule has 0 N–H and O–H groups in total. The quantitative estimate of drug-likeness (QED) is 0.496. The van der Waals surface area contributed by atoms with E-state index in [2.05, 4.69) is 89.3 Å². The molecule has 0 aliphatic rings. The lowest BCUT2D eigenvalue weighted by Crippen LogP contribution is -2.57. The van der Waals surface area contributed by atoms with Crippen molar-refractivity contribution < 1.29 is 12.3 Å². The normalized spacial score (nSPS) is 16.0. The molecule has 0 spiro atoms. The molecule has 1 rings (SSSR count). The summed E-state index contributed by atoms with van der Waals surface area (Å²) in [5, 5.41) is 0. The van der Waals surface area contributed by atoms with Gasteiger partial charge in [0.1, 0.15) is 0 Å². The van der Waals surface area contributed by atoms with E-state index in [4.69, 9.17) is 12.3 Å². The van der Waals surface area contributed by atoms with Crippen molar-refractivity contribution >= 4 is 33.8 Å². The molecule has 1 aromatic carbocycles. The predicted molar refractivity (Wildman–Crippen MR) is 114 cm³/mol. The van der Waals surface area contributed by atoms with Crippen molar-refractivity contribution in [2.24, 2.45) is 0 Å². The molecular formula is C17H36O3Si4. The molecule has 0 heterocycles. The van der Waals surface area contributed by atoms with Crippen LogP contribution in [0.3, 0.4) is 0 Å². The zero-order valence-electron chi connectivity index (χ0n) is 17.0. The minimum absolute atomic E-state index is 0.979. The molecule has 0 saturated carbocycles. The number of benzene rings is 1. The first-order valence-corrected chi connectivity index (χ1v) is 21.0. The first-order chi connectivity index (χ1) is 10.7. The van der Waals surface area contributed by atoms with Crippen LogP contribution in [-0.4, -0.2) is 33.8 Å². The molecule has 0 saturated heterocycles. The summed E-state index contributed by atoms with van der Waals surface area (Å²) < 4.78 is 19.7. The van der Waals surface area contributed by atoms with Gasteiger partial charge in [-0.2, -0.15) is 0 Å². The lowest BCUT2D eigenvalue weighted by Gasteiger charge is -2.41. The Hall–Kier alpha value is -0.0325. The van der Waals surface area contributed by atoms with Crippen molar-refractivity contribution in [3.63, 3.8) is 0 Å². The summed E-state index contributed by atoms with van der Waals surface area (Å²) in [5.74, 6) is 0. The zero-order chi connectivity index (χ0) is 18.6. The van der Waals surface area contributed by atoms with E-state index in [0.29, 0.717) is 0 Å². The Kier molecular flexibility index (Phi) is 7.44. The molecule has 24 heavy (non-hydrogen) atoms. The van der Waals surface area contributed by atoms with Gasteiger partial charge in [-0.25, -0.2) is 0 Å². The molecular weight excluding hydrogens is 365 g/mol. The van der Waals surface area contributed by atoms with Crippen LogP contribution in [-0.2, 0) is 18.8 Å². The molecule has 138 valence electrons. The van der Waals surface area contributed by atoms with Crippen LogP contribution in [0.15, 0.2) is 30.3 Å². The van der Waals surface area contributed by atoms with E-state index < -0.39 is 33.8 Å². The third kappa shape index (κ3) is 9.45. The Labute approximate surface area is 153 Å². The Morgan fingerprint density at radius 1 is 0.667 bits per heavy atom. The first kappa shape index (κ1) is 22.0. The molecule has 1 unspecified atom stereocenters. The third-order valence-electron chi connectivity index (χ3n) is 3.25. The maximum absolute atomic E-state index is 6.70. The summed E-state index contributed by atoms with van der Waals surface area (Å²) in [7, 11) is -7.77. The number of hydrogen-bond donors (Lipinski definition) is 0. The summed E-state index contributed by atoms with van der Waals surface area (Å²) in [6, 6.07) is 11.6. The van der Waals surface area contributed by atoms with E-state index in [1.165, 1.54) is 5.56 Å². The Balaban J connectivity index is 2.89. The van der Waals surface area contributed by atoms with Crippen molar-refractivity contribution in [2.75, 3.05) is 0 Å². The maximum atomic E-state index is 6.70. The van der Waals surface area contributed by atoms with Crippen LogP contribution in [0.2, 0.25) is 65.0 Å². The van der Waals surface area contributed by atoms with Gasteiger partial charge < -0.3 is 12.3 Å². The van der Waals surface area contributed by atoms with E-state index in [9.17, 15) is 0 Å². The van der Waals surface area contributed by atoms with Crippen LogP contribution < -0.4 is 0 Å². The van der Waals surface area contributed by atoms with Gasteiger partial charge in [-0.05, 0) is 77.0 Å². The molecule has 0 radical (unpaired) electrons. The van der Waals surface area contributed by atoms with Gasteiger partial charge >= 0.3 is 17.1 Å². The number of aryl methyl sites for hydroxylation is 1. The summed E-state index contributed by atoms with van der Waals surface area (Å²) in [4.78, 5) is 0. The topological polar surface area (TPSA) is 27.7 Å². The lowest BCUT2D eigenvalue weighted by atomic mass is 10.2. The van der Waals surface area contributed by atoms with E-state index >= 15 is 0 Å². The Morgan fingerprint density at radius 2 is 1.17 bits per heavy atom. The Bertz CT molecular complexity index is 509. The van der Waals surface area contributed by atoms with Crippen molar-refractivity contribution in [1.29, 1.82) is 0 Å². The highest BCUT2D eigenvalue weighted by Gasteiger charge is 2.44. The van der Waals surface area contributed by atoms with Crippen molar-refractivity contribution in [1.82, 2.24) is 0 Å². The largest absolute Gasteiger partial charge is 0.437 e. The smallest absolute Gasteiger partial charge is 0.316 e. The van der Waals surface area contributed by atoms with Gasteiger partial charge in [0.05, 0.1) is 0 Å². The van der Waals surface area contributed by atoms with E-state index in [0.717, 1.165) is 12.5 Å². The highest BCUT2D eigenvalue weighted by atomic mass is 28.5. The summed E-state index contributed by atoms with van der Waals surface area (Å²) in [6.07, 6.45) is 1.01. The highest BCUT2D eigenvalue weighted by molar-refractivity contribution is 6.89. The van der Waals surface area contributed by atoms with Crippen LogP contribution in [0, 0.1) is 0 Å². The molecule has 0 fully saturated rings. The monoisotopic (exact) mass is 400 g/mol. The second-order valence-corrected chi connectivity index (χ2v) is 25.5. The standard InChI is InChI=1S/C17H36O3Si4/c1-21(2,3)18-23(7,8)20-24(9,19-22(4,5)6)16-15-17-13-11-10-12-14-17/h10-14H,15-16H2,1-9H3. The van der Waals surface area contributed by atoms with Gasteiger partial charge in [0.15, 0.2) is 16.6 Å². The van der Waals surface area contributed by atoms with Gasteiger partial charge in [-0.1, -0.05) is 30.3 Å². The predicted octanol–water partition coefficient (Wildman–Crippen LogP) is 5.72. The molecule has 1 atom stereocenters. The maximum Gasteiger partial charge on any atom is 0.316 e. The van der Waals surface area contributed by atoms with E-state index in [-0.39, 0.29) is 0 Å². The molecule has 0 aromatic heterocycles. The minimum Gasteiger partial charge on any atom is -0.437 e. The average Bonchev–Trinajstić information content (AvgIpc) is 2.31. The summed E-state index contributed by atoms with van der Waals surface area (Å²) in [5.41, 5.74) is 1.35. The number of hydrogen-bond acceptors (Lipinski definition) is 3. The zero-order valence-corrected chi connectivity index (χ0v) is 21.0. The average molecular weight is 401 g/mol. The van der Waals surface area contributed by atoms with Crippen molar-refractivity contribution in [3.05, 3.63) is 35.9 Å². The van der Waals surface area contributed by atoms with Crippen LogP contribution >= 0.6 is 0 Å². The molecule has 0 aliphatic carbocycles. The molecule has 0 bridgehead atoms. The fourth-order valence-electron chi connectivity index (χ4n) is 3.06. The third-order valence-corrected chi connectivity index (χ3v) is 16.7. The van der Waals surface area contributed by atoms with Crippen molar-refractivity contribution in [3.8, 4) is 0 Å². The summed E-state index contributed by atoms with van der Waals surface area (Å²) >= 11 is 0. The Morgan fingerprint density at radius 3 is 1.62 bits per heavy atom. The molecule has 1 aromatic rings. The minimum atomic E-state index is -2.28. The van der Waals surface area contributed by atoms with Gasteiger partial charge in [0.2, 0.25) is 0 Å². The van der Waals surface area contributed by atoms with Gasteiger partial charge in [0, 0.05) is 0 Å². The first-order valence-electron chi connectivity index (χ1n) is 8.84. The van der Waals surface area contributed by atoms with Crippen LogP contribution in [0.25, 0.3) is 0 Å². The number of rotatable bonds is 9. The van der Waals surface area contributed by atoms with Crippen LogP contribution in [0.4, 0.5) is 0 Å². The second-order valence-electron chi connectivity index (χ2n) is 9.05. The second kappa shape index (κ2) is 8.11. The molecule has 0 amide bonds. The van der Waals surface area contributed by atoms with Gasteiger partial charge in [0.25, 0.3) is 0 Å². The van der Waals surface area contributed by atoms with Gasteiger partial charge in [-0.15, -0.1) is 0 Å². The van der Waals surface area contributed by atoms with Crippen LogP contribution in [0.5, 0.6) is 0 Å². The lowest BCUT2D eigenvalue weighted by molar-refractivity contribution is 0.323. The SMILES string of the molecule is C[Si](C)(C)O[Si](C)(C)O[Si](C)(CCc1ccccc1)O[Si](C)(C)C. The van der Waals surface area contributed by atoms with Crippen LogP contribution in [0.1, 0.15) is 5.56 Å². The summed E-state index contributed by atoms with van der Waals surface area (Å²) in [6.45, 7) is 20.0. The van der Waals surface area contributed by atoms with Crippen molar-refractivity contribution in [2.45, 2.75) is 71.4 Å². The molecule has 0 aliphatic heterocycles. The molecule has 3 nitrogen and oxygen atoms in total. The van der Waals surface area contributed by atoms with E-state index in [1.54, 1.807) is 0 Å². The van der Waals surface area contributed by atoms with E-state index in [1.807, 2.05) is 0 Å². The fraction of sp³-hybridized carbons (Fsp3) is 0.647. The fourth-order valence-corrected chi connectivity index (χ4v) is 20.9. The van der Waals surface area contributed by atoms with Gasteiger partial charge in [-0.3, -0.25) is 0 Å². The highest BCUT2D eigenvalue weighted by Crippen LogP contribution is 2.27. The molecule has 7 heteroatoms.